The van der Waals surface area contributed by atoms with Gasteiger partial charge < -0.3 is 10.2 Å². The molecule has 1 saturated heterocycles. The minimum absolute atomic E-state index is 0.0723. The molecule has 1 aromatic heterocycles. The van der Waals surface area contributed by atoms with Crippen LogP contribution in [0.25, 0.3) is 0 Å². The van der Waals surface area contributed by atoms with Crippen molar-refractivity contribution in [2.24, 2.45) is 5.92 Å². The summed E-state index contributed by atoms with van der Waals surface area (Å²) < 4.78 is 1.40. The summed E-state index contributed by atoms with van der Waals surface area (Å²) in [6.45, 7) is 3.95. The minimum Gasteiger partial charge on any atom is -0.396 e. The molecule has 124 valence electrons. The van der Waals surface area contributed by atoms with Gasteiger partial charge in [-0.25, -0.2) is 0 Å². The number of hydrogen-bond acceptors (Lipinski definition) is 6. The van der Waals surface area contributed by atoms with Gasteiger partial charge in [0.1, 0.15) is 12.4 Å². The van der Waals surface area contributed by atoms with E-state index in [1.807, 2.05) is 0 Å². The third-order valence-electron chi connectivity index (χ3n) is 4.33. The van der Waals surface area contributed by atoms with E-state index in [0.717, 1.165) is 19.4 Å². The second kappa shape index (κ2) is 7.66. The predicted molar refractivity (Wildman–Crippen MR) is 80.4 cm³/mol. The number of aliphatic hydroxyl groups is 2. The van der Waals surface area contributed by atoms with Crippen LogP contribution in [-0.4, -0.2) is 61.7 Å². The van der Waals surface area contributed by atoms with Crippen LogP contribution in [0.5, 0.6) is 0 Å². The molecule has 1 aliphatic rings. The van der Waals surface area contributed by atoms with Gasteiger partial charge in [-0.1, -0.05) is 6.92 Å². The lowest BCUT2D eigenvalue weighted by Crippen LogP contribution is -2.48. The zero-order valence-corrected chi connectivity index (χ0v) is 12.8. The van der Waals surface area contributed by atoms with Crippen LogP contribution in [0.2, 0.25) is 0 Å². The largest absolute Gasteiger partial charge is 0.396 e. The molecule has 2 heterocycles. The molecular weight excluding hydrogens is 288 g/mol. The fourth-order valence-electron chi connectivity index (χ4n) is 3.25. The highest BCUT2D eigenvalue weighted by Gasteiger charge is 2.29. The predicted octanol–water partition coefficient (Wildman–Crippen LogP) is 0.635. The maximum atomic E-state index is 10.6. The fourth-order valence-corrected chi connectivity index (χ4v) is 3.25. The van der Waals surface area contributed by atoms with Gasteiger partial charge in [0.2, 0.25) is 0 Å². The first-order chi connectivity index (χ1) is 10.5. The number of likely N-dealkylation sites (tertiary alicyclic amines) is 1. The molecule has 1 aromatic rings. The Balaban J connectivity index is 1.91. The second-order valence-electron chi connectivity index (χ2n) is 6.03. The topological polar surface area (TPSA) is 105 Å². The van der Waals surface area contributed by atoms with Crippen molar-refractivity contribution in [2.45, 2.75) is 44.9 Å². The molecule has 0 amide bonds. The molecule has 8 heteroatoms. The average Bonchev–Trinajstić information content (AvgIpc) is 2.91. The number of nitrogens with zero attached hydrogens (tertiary/aromatic N) is 4. The molecule has 3 unspecified atom stereocenters. The summed E-state index contributed by atoms with van der Waals surface area (Å²) in [7, 11) is 0. The van der Waals surface area contributed by atoms with Crippen LogP contribution >= 0.6 is 0 Å². The van der Waals surface area contributed by atoms with E-state index in [1.165, 1.54) is 17.1 Å². The fraction of sp³-hybridized carbons (Fsp3) is 0.786. The van der Waals surface area contributed by atoms with Gasteiger partial charge in [-0.05, 0) is 31.7 Å². The average molecular weight is 312 g/mol. The van der Waals surface area contributed by atoms with E-state index in [1.54, 1.807) is 0 Å². The first-order valence-electron chi connectivity index (χ1n) is 7.71. The Kier molecular flexibility index (Phi) is 5.87. The summed E-state index contributed by atoms with van der Waals surface area (Å²) in [5.41, 5.74) is -0.0723. The Labute approximate surface area is 129 Å². The van der Waals surface area contributed by atoms with Gasteiger partial charge in [0.05, 0.1) is 17.6 Å². The monoisotopic (exact) mass is 312 g/mol. The molecule has 0 radical (unpaired) electrons. The SMILES string of the molecule is CC1CCCN(CC(O)Cn2cc([N+](=O)[O-])cn2)C1CCO. The van der Waals surface area contributed by atoms with Crippen LogP contribution in [0.3, 0.4) is 0 Å². The molecule has 3 atom stereocenters. The van der Waals surface area contributed by atoms with Crippen LogP contribution in [0.4, 0.5) is 5.69 Å². The van der Waals surface area contributed by atoms with Crippen molar-refractivity contribution in [1.82, 2.24) is 14.7 Å². The highest BCUT2D eigenvalue weighted by molar-refractivity contribution is 5.20. The van der Waals surface area contributed by atoms with Crippen molar-refractivity contribution < 1.29 is 15.1 Å². The summed E-state index contributed by atoms with van der Waals surface area (Å²) in [5, 5.41) is 34.0. The molecule has 0 saturated carbocycles. The quantitative estimate of drug-likeness (QED) is 0.565. The first-order valence-corrected chi connectivity index (χ1v) is 7.71. The number of nitro groups is 1. The molecule has 1 fully saturated rings. The Morgan fingerprint density at radius 1 is 1.55 bits per heavy atom. The summed E-state index contributed by atoms with van der Waals surface area (Å²) in [4.78, 5) is 12.3. The zero-order chi connectivity index (χ0) is 16.1. The third kappa shape index (κ3) is 4.25. The Bertz CT molecular complexity index is 493. The number of β-amino-alcohol motifs (C(OH)–C–C–N with tert-alkyl or cyclic N) is 1. The van der Waals surface area contributed by atoms with Crippen LogP contribution in [-0.2, 0) is 6.54 Å². The first kappa shape index (κ1) is 16.9. The van der Waals surface area contributed by atoms with Crippen LogP contribution in [0, 0.1) is 16.0 Å². The molecule has 22 heavy (non-hydrogen) atoms. The van der Waals surface area contributed by atoms with Gasteiger partial charge in [0.15, 0.2) is 0 Å². The van der Waals surface area contributed by atoms with Crippen molar-refractivity contribution in [3.63, 3.8) is 0 Å². The van der Waals surface area contributed by atoms with E-state index in [0.29, 0.717) is 18.9 Å². The molecule has 0 bridgehead atoms. The standard InChI is InChI=1S/C14H24N4O4/c1-11-3-2-5-16(14(11)4-6-19)9-13(20)10-17-8-12(7-15-17)18(21)22/h7-8,11,13-14,19-20H,2-6,9-10H2,1H3. The lowest BCUT2D eigenvalue weighted by molar-refractivity contribution is -0.385. The maximum Gasteiger partial charge on any atom is 0.306 e. The van der Waals surface area contributed by atoms with Crippen LogP contribution < -0.4 is 0 Å². The smallest absolute Gasteiger partial charge is 0.306 e. The molecule has 0 aromatic carbocycles. The summed E-state index contributed by atoms with van der Waals surface area (Å²) in [6.07, 6.45) is 4.80. The number of aromatic nitrogens is 2. The van der Waals surface area contributed by atoms with Gasteiger partial charge in [-0.2, -0.15) is 5.10 Å². The van der Waals surface area contributed by atoms with Gasteiger partial charge in [-0.15, -0.1) is 0 Å². The van der Waals surface area contributed by atoms with Gasteiger partial charge in [-0.3, -0.25) is 19.7 Å². The van der Waals surface area contributed by atoms with Gasteiger partial charge >= 0.3 is 5.69 Å². The molecular formula is C14H24N4O4. The second-order valence-corrected chi connectivity index (χ2v) is 6.03. The van der Waals surface area contributed by atoms with Crippen molar-refractivity contribution in [2.75, 3.05) is 19.7 Å². The molecule has 0 spiro atoms. The molecule has 8 nitrogen and oxygen atoms in total. The van der Waals surface area contributed by atoms with E-state index >= 15 is 0 Å². The normalized spacial score (nSPS) is 24.3. The Hall–Kier alpha value is -1.51. The lowest BCUT2D eigenvalue weighted by atomic mass is 9.88. The number of aliphatic hydroxyl groups excluding tert-OH is 2. The Morgan fingerprint density at radius 3 is 2.95 bits per heavy atom. The zero-order valence-electron chi connectivity index (χ0n) is 12.8. The van der Waals surface area contributed by atoms with Crippen molar-refractivity contribution in [3.8, 4) is 0 Å². The minimum atomic E-state index is -0.647. The molecule has 2 N–H and O–H groups in total. The van der Waals surface area contributed by atoms with Crippen molar-refractivity contribution >= 4 is 5.69 Å². The van der Waals surface area contributed by atoms with Crippen LogP contribution in [0.15, 0.2) is 12.4 Å². The molecule has 0 aliphatic carbocycles. The highest BCUT2D eigenvalue weighted by Crippen LogP contribution is 2.25. The van der Waals surface area contributed by atoms with Gasteiger partial charge in [0, 0.05) is 19.2 Å². The van der Waals surface area contributed by atoms with Crippen molar-refractivity contribution in [1.29, 1.82) is 0 Å². The van der Waals surface area contributed by atoms with E-state index < -0.39 is 11.0 Å². The summed E-state index contributed by atoms with van der Waals surface area (Å²) in [5.74, 6) is 0.499. The Morgan fingerprint density at radius 2 is 2.32 bits per heavy atom. The number of piperidine rings is 1. The summed E-state index contributed by atoms with van der Waals surface area (Å²) >= 11 is 0. The van der Waals surface area contributed by atoms with E-state index in [-0.39, 0.29) is 24.9 Å². The lowest BCUT2D eigenvalue weighted by Gasteiger charge is -2.40. The van der Waals surface area contributed by atoms with Crippen molar-refractivity contribution in [3.05, 3.63) is 22.5 Å². The van der Waals surface area contributed by atoms with E-state index in [9.17, 15) is 20.3 Å². The third-order valence-corrected chi connectivity index (χ3v) is 4.33. The maximum absolute atomic E-state index is 10.6. The number of hydrogen-bond donors (Lipinski definition) is 2. The van der Waals surface area contributed by atoms with Crippen LogP contribution in [0.1, 0.15) is 26.2 Å². The van der Waals surface area contributed by atoms with E-state index in [2.05, 4.69) is 16.9 Å². The summed E-state index contributed by atoms with van der Waals surface area (Å²) in [6, 6.07) is 0.278. The highest BCUT2D eigenvalue weighted by atomic mass is 16.6. The molecule has 1 aliphatic heterocycles. The number of rotatable bonds is 7. The van der Waals surface area contributed by atoms with E-state index in [4.69, 9.17) is 0 Å². The molecule has 2 rings (SSSR count). The van der Waals surface area contributed by atoms with Gasteiger partial charge in [0.25, 0.3) is 0 Å².